The molecule has 3 aromatic rings. The predicted molar refractivity (Wildman–Crippen MR) is 88.6 cm³/mol. The van der Waals surface area contributed by atoms with E-state index in [4.69, 9.17) is 4.74 Å². The number of esters is 1. The molecular weight excluding hydrogens is 310 g/mol. The first-order valence-electron chi connectivity index (χ1n) is 7.31. The van der Waals surface area contributed by atoms with E-state index in [9.17, 15) is 9.59 Å². The van der Waals surface area contributed by atoms with Crippen LogP contribution >= 0.6 is 0 Å². The molecule has 0 saturated carbocycles. The van der Waals surface area contributed by atoms with Crippen LogP contribution < -0.4 is 5.56 Å². The van der Waals surface area contributed by atoms with Gasteiger partial charge < -0.3 is 4.74 Å². The van der Waals surface area contributed by atoms with E-state index in [1.807, 2.05) is 30.3 Å². The number of nitrogens with zero attached hydrogens (tertiary/aromatic N) is 2. The summed E-state index contributed by atoms with van der Waals surface area (Å²) in [4.78, 5) is 28.0. The predicted octanol–water partition coefficient (Wildman–Crippen LogP) is 2.02. The molecule has 2 heterocycles. The van der Waals surface area contributed by atoms with Crippen LogP contribution in [0.3, 0.4) is 0 Å². The maximum Gasteiger partial charge on any atom is 0.343 e. The molecule has 1 aromatic carbocycles. The quantitative estimate of drug-likeness (QED) is 0.491. The van der Waals surface area contributed by atoms with Crippen LogP contribution in [0.1, 0.15) is 22.8 Å². The molecule has 122 valence electrons. The smallest absolute Gasteiger partial charge is 0.343 e. The van der Waals surface area contributed by atoms with Crippen molar-refractivity contribution in [3.8, 4) is 11.3 Å². The van der Waals surface area contributed by atoms with E-state index in [1.165, 1.54) is 12.4 Å². The van der Waals surface area contributed by atoms with Crippen molar-refractivity contribution in [2.75, 3.05) is 6.61 Å². The number of hydrogen-bond donors (Lipinski definition) is 3. The Morgan fingerprint density at radius 3 is 2.83 bits per heavy atom. The van der Waals surface area contributed by atoms with Gasteiger partial charge >= 0.3 is 5.97 Å². The zero-order valence-corrected chi connectivity index (χ0v) is 12.9. The molecule has 0 atom stereocenters. The van der Waals surface area contributed by atoms with Gasteiger partial charge in [0.05, 0.1) is 24.1 Å². The van der Waals surface area contributed by atoms with Crippen LogP contribution in [0.2, 0.25) is 0 Å². The van der Waals surface area contributed by atoms with Crippen molar-refractivity contribution >= 4 is 18.0 Å². The second kappa shape index (κ2) is 6.78. The van der Waals surface area contributed by atoms with E-state index in [1.54, 1.807) is 6.92 Å². The zero-order chi connectivity index (χ0) is 16.9. The fourth-order valence-corrected chi connectivity index (χ4v) is 2.19. The SMILES string of the molecule is CCOC(=O)c1cn[nH]c1N=Cc1c(-c2ccccc2)[nH][nH]c1=O. The van der Waals surface area contributed by atoms with Gasteiger partial charge in [0.1, 0.15) is 5.56 Å². The molecule has 3 rings (SSSR count). The zero-order valence-electron chi connectivity index (χ0n) is 12.9. The first-order chi connectivity index (χ1) is 11.7. The lowest BCUT2D eigenvalue weighted by Gasteiger charge is -2.00. The molecule has 0 unspecified atom stereocenters. The largest absolute Gasteiger partial charge is 0.462 e. The number of benzene rings is 1. The standard InChI is InChI=1S/C16H15N5O3/c1-2-24-16(23)12-9-18-20-14(12)17-8-11-13(19-21-15(11)22)10-6-4-3-5-7-10/h3-9H,2H2,1H3,(H,18,20)(H2,19,21,22). The highest BCUT2D eigenvalue weighted by Gasteiger charge is 2.15. The molecule has 0 radical (unpaired) electrons. The molecule has 0 aliphatic rings. The molecular formula is C16H15N5O3. The number of carbonyl (C=O) groups excluding carboxylic acids is 1. The lowest BCUT2D eigenvalue weighted by atomic mass is 10.1. The highest BCUT2D eigenvalue weighted by molar-refractivity contribution is 5.96. The number of ether oxygens (including phenoxy) is 1. The molecule has 24 heavy (non-hydrogen) atoms. The Labute approximate surface area is 136 Å². The topological polar surface area (TPSA) is 116 Å². The van der Waals surface area contributed by atoms with Gasteiger partial charge in [0.15, 0.2) is 5.82 Å². The van der Waals surface area contributed by atoms with Crippen LogP contribution in [-0.4, -0.2) is 39.2 Å². The van der Waals surface area contributed by atoms with E-state index in [0.29, 0.717) is 11.3 Å². The Morgan fingerprint density at radius 2 is 2.08 bits per heavy atom. The summed E-state index contributed by atoms with van der Waals surface area (Å²) in [7, 11) is 0. The molecule has 8 heteroatoms. The highest BCUT2D eigenvalue weighted by Crippen LogP contribution is 2.19. The van der Waals surface area contributed by atoms with Crippen LogP contribution in [0.15, 0.2) is 46.3 Å². The summed E-state index contributed by atoms with van der Waals surface area (Å²) in [5, 5.41) is 11.8. The van der Waals surface area contributed by atoms with Gasteiger partial charge in [-0.15, -0.1) is 0 Å². The van der Waals surface area contributed by atoms with Gasteiger partial charge in [-0.05, 0) is 6.92 Å². The number of aromatic amines is 3. The van der Waals surface area contributed by atoms with E-state index in [-0.39, 0.29) is 23.5 Å². The molecule has 0 fully saturated rings. The van der Waals surface area contributed by atoms with Gasteiger partial charge in [-0.3, -0.25) is 20.1 Å². The minimum atomic E-state index is -0.523. The van der Waals surface area contributed by atoms with Gasteiger partial charge in [-0.1, -0.05) is 30.3 Å². The molecule has 0 aliphatic heterocycles. The van der Waals surface area contributed by atoms with E-state index < -0.39 is 5.97 Å². The lowest BCUT2D eigenvalue weighted by Crippen LogP contribution is -2.06. The Bertz CT molecular complexity index is 921. The first-order valence-corrected chi connectivity index (χ1v) is 7.31. The summed E-state index contributed by atoms with van der Waals surface area (Å²) < 4.78 is 4.93. The molecule has 0 saturated heterocycles. The molecule has 3 N–H and O–H groups in total. The van der Waals surface area contributed by atoms with Crippen molar-refractivity contribution in [1.82, 2.24) is 20.4 Å². The summed E-state index contributed by atoms with van der Waals surface area (Å²) in [6.45, 7) is 1.97. The van der Waals surface area contributed by atoms with Crippen LogP contribution in [-0.2, 0) is 4.74 Å². The Balaban J connectivity index is 1.95. The molecule has 8 nitrogen and oxygen atoms in total. The van der Waals surface area contributed by atoms with Gasteiger partial charge in [0.25, 0.3) is 5.56 Å². The number of H-pyrrole nitrogens is 3. The monoisotopic (exact) mass is 325 g/mol. The average Bonchev–Trinajstić information content (AvgIpc) is 3.20. The number of aliphatic imine (C=N–C) groups is 1. The normalized spacial score (nSPS) is 11.0. The Hall–Kier alpha value is -3.42. The number of aromatic nitrogens is 4. The summed E-state index contributed by atoms with van der Waals surface area (Å²) in [6.07, 6.45) is 2.72. The summed E-state index contributed by atoms with van der Waals surface area (Å²) in [6, 6.07) is 9.37. The minimum Gasteiger partial charge on any atom is -0.462 e. The van der Waals surface area contributed by atoms with Crippen molar-refractivity contribution in [3.63, 3.8) is 0 Å². The number of hydrogen-bond acceptors (Lipinski definition) is 5. The maximum absolute atomic E-state index is 12.0. The lowest BCUT2D eigenvalue weighted by molar-refractivity contribution is 0.0527. The third-order valence-corrected chi connectivity index (χ3v) is 3.31. The first kappa shape index (κ1) is 15.5. The van der Waals surface area contributed by atoms with Crippen molar-refractivity contribution in [2.45, 2.75) is 6.92 Å². The Morgan fingerprint density at radius 1 is 1.29 bits per heavy atom. The summed E-state index contributed by atoms with van der Waals surface area (Å²) in [5.41, 5.74) is 1.70. The summed E-state index contributed by atoms with van der Waals surface area (Å²) in [5.74, 6) is -0.294. The van der Waals surface area contributed by atoms with Crippen LogP contribution in [0.4, 0.5) is 5.82 Å². The van der Waals surface area contributed by atoms with E-state index in [2.05, 4.69) is 25.4 Å². The average molecular weight is 325 g/mol. The van der Waals surface area contributed by atoms with Crippen LogP contribution in [0.5, 0.6) is 0 Å². The molecule has 0 amide bonds. The maximum atomic E-state index is 12.0. The number of nitrogens with one attached hydrogen (secondary N) is 3. The van der Waals surface area contributed by atoms with Crippen molar-refractivity contribution in [2.24, 2.45) is 4.99 Å². The fourth-order valence-electron chi connectivity index (χ4n) is 2.19. The highest BCUT2D eigenvalue weighted by atomic mass is 16.5. The third kappa shape index (κ3) is 3.02. The number of rotatable bonds is 5. The van der Waals surface area contributed by atoms with E-state index in [0.717, 1.165) is 5.56 Å². The van der Waals surface area contributed by atoms with Gasteiger partial charge in [-0.25, -0.2) is 9.79 Å². The van der Waals surface area contributed by atoms with Crippen LogP contribution in [0.25, 0.3) is 11.3 Å². The van der Waals surface area contributed by atoms with Crippen molar-refractivity contribution < 1.29 is 9.53 Å². The van der Waals surface area contributed by atoms with Gasteiger partial charge in [-0.2, -0.15) is 5.10 Å². The molecule has 2 aromatic heterocycles. The van der Waals surface area contributed by atoms with Gasteiger partial charge in [0, 0.05) is 11.8 Å². The fraction of sp³-hybridized carbons (Fsp3) is 0.125. The minimum absolute atomic E-state index is 0.210. The third-order valence-electron chi connectivity index (χ3n) is 3.31. The Kier molecular flexibility index (Phi) is 4.37. The molecule has 0 bridgehead atoms. The summed E-state index contributed by atoms with van der Waals surface area (Å²) >= 11 is 0. The van der Waals surface area contributed by atoms with Crippen molar-refractivity contribution in [3.05, 3.63) is 58.0 Å². The van der Waals surface area contributed by atoms with Crippen molar-refractivity contribution in [1.29, 1.82) is 0 Å². The number of carbonyl (C=O) groups is 1. The molecule has 0 spiro atoms. The second-order valence-corrected chi connectivity index (χ2v) is 4.84. The molecule has 0 aliphatic carbocycles. The van der Waals surface area contributed by atoms with Crippen LogP contribution in [0, 0.1) is 0 Å². The van der Waals surface area contributed by atoms with E-state index >= 15 is 0 Å². The van der Waals surface area contributed by atoms with Gasteiger partial charge in [0.2, 0.25) is 0 Å². The second-order valence-electron chi connectivity index (χ2n) is 4.84.